The zero-order valence-corrected chi connectivity index (χ0v) is 11.5. The summed E-state index contributed by atoms with van der Waals surface area (Å²) in [7, 11) is 0. The van der Waals surface area contributed by atoms with Crippen LogP contribution in [0.15, 0.2) is 18.2 Å². The highest BCUT2D eigenvalue weighted by atomic mass is 19.1. The standard InChI is InChI=1S/C15H23FN2/c1-10-6-13(4-5-14(10)16)15(7-17)18-8-11(2)12(3)9-18/h4-6,11-12,15H,7-9,17H2,1-3H3. The van der Waals surface area contributed by atoms with Gasteiger partial charge >= 0.3 is 0 Å². The van der Waals surface area contributed by atoms with E-state index in [-0.39, 0.29) is 11.9 Å². The molecule has 0 spiro atoms. The van der Waals surface area contributed by atoms with Crippen LogP contribution < -0.4 is 5.73 Å². The van der Waals surface area contributed by atoms with E-state index < -0.39 is 0 Å². The van der Waals surface area contributed by atoms with Crippen molar-refractivity contribution in [1.82, 2.24) is 4.90 Å². The first-order valence-electron chi connectivity index (χ1n) is 6.73. The molecule has 1 heterocycles. The average Bonchev–Trinajstić information content (AvgIpc) is 2.65. The fraction of sp³-hybridized carbons (Fsp3) is 0.600. The van der Waals surface area contributed by atoms with Crippen LogP contribution in [0.5, 0.6) is 0 Å². The Hall–Kier alpha value is -0.930. The molecule has 0 amide bonds. The highest BCUT2D eigenvalue weighted by Gasteiger charge is 2.31. The Morgan fingerprint density at radius 2 is 1.94 bits per heavy atom. The molecular weight excluding hydrogens is 227 g/mol. The SMILES string of the molecule is Cc1cc(C(CN)N2CC(C)C(C)C2)ccc1F. The second-order valence-electron chi connectivity index (χ2n) is 5.67. The maximum Gasteiger partial charge on any atom is 0.126 e. The van der Waals surface area contributed by atoms with Crippen molar-refractivity contribution in [3.8, 4) is 0 Å². The lowest BCUT2D eigenvalue weighted by Crippen LogP contribution is -2.32. The molecule has 0 saturated carbocycles. The smallest absolute Gasteiger partial charge is 0.126 e. The third kappa shape index (κ3) is 2.57. The molecule has 0 aromatic heterocycles. The zero-order chi connectivity index (χ0) is 13.3. The number of aryl methyl sites for hydroxylation is 1. The van der Waals surface area contributed by atoms with Crippen molar-refractivity contribution in [2.75, 3.05) is 19.6 Å². The predicted octanol–water partition coefficient (Wildman–Crippen LogP) is 2.72. The van der Waals surface area contributed by atoms with E-state index in [2.05, 4.69) is 18.7 Å². The largest absolute Gasteiger partial charge is 0.329 e. The van der Waals surface area contributed by atoms with Gasteiger partial charge in [-0.25, -0.2) is 4.39 Å². The van der Waals surface area contributed by atoms with Crippen molar-refractivity contribution in [3.63, 3.8) is 0 Å². The van der Waals surface area contributed by atoms with E-state index in [1.807, 2.05) is 19.1 Å². The molecule has 1 aliphatic rings. The molecule has 0 bridgehead atoms. The van der Waals surface area contributed by atoms with Crippen molar-refractivity contribution in [2.24, 2.45) is 17.6 Å². The van der Waals surface area contributed by atoms with E-state index in [0.717, 1.165) is 18.7 Å². The molecule has 1 aromatic carbocycles. The molecule has 2 rings (SSSR count). The van der Waals surface area contributed by atoms with Crippen LogP contribution in [0.3, 0.4) is 0 Å². The second kappa shape index (κ2) is 5.37. The molecular formula is C15H23FN2. The lowest BCUT2D eigenvalue weighted by molar-refractivity contribution is 0.240. The van der Waals surface area contributed by atoms with Crippen LogP contribution in [-0.4, -0.2) is 24.5 Å². The number of nitrogens with zero attached hydrogens (tertiary/aromatic N) is 1. The maximum absolute atomic E-state index is 13.3. The third-order valence-electron chi connectivity index (χ3n) is 4.25. The normalized spacial score (nSPS) is 26.5. The van der Waals surface area contributed by atoms with Crippen molar-refractivity contribution in [1.29, 1.82) is 0 Å². The first-order valence-corrected chi connectivity index (χ1v) is 6.73. The topological polar surface area (TPSA) is 29.3 Å². The van der Waals surface area contributed by atoms with Gasteiger partial charge in [-0.15, -0.1) is 0 Å². The van der Waals surface area contributed by atoms with E-state index in [9.17, 15) is 4.39 Å². The van der Waals surface area contributed by atoms with E-state index in [1.54, 1.807) is 6.07 Å². The predicted molar refractivity (Wildman–Crippen MR) is 72.8 cm³/mol. The number of nitrogens with two attached hydrogens (primary N) is 1. The Kier molecular flexibility index (Phi) is 4.03. The minimum Gasteiger partial charge on any atom is -0.329 e. The van der Waals surface area contributed by atoms with E-state index in [4.69, 9.17) is 5.73 Å². The van der Waals surface area contributed by atoms with E-state index >= 15 is 0 Å². The van der Waals surface area contributed by atoms with Crippen molar-refractivity contribution < 1.29 is 4.39 Å². The summed E-state index contributed by atoms with van der Waals surface area (Å²) in [5.74, 6) is 1.28. The van der Waals surface area contributed by atoms with Crippen LogP contribution in [0.2, 0.25) is 0 Å². The summed E-state index contributed by atoms with van der Waals surface area (Å²) < 4.78 is 13.3. The fourth-order valence-electron chi connectivity index (χ4n) is 2.80. The Morgan fingerprint density at radius 1 is 1.33 bits per heavy atom. The van der Waals surface area contributed by atoms with Gasteiger partial charge in [-0.2, -0.15) is 0 Å². The van der Waals surface area contributed by atoms with Crippen LogP contribution in [0.1, 0.15) is 31.0 Å². The Bertz CT molecular complexity index is 409. The van der Waals surface area contributed by atoms with Gasteiger partial charge < -0.3 is 5.73 Å². The van der Waals surface area contributed by atoms with Gasteiger partial charge in [0.1, 0.15) is 5.82 Å². The Balaban J connectivity index is 2.20. The van der Waals surface area contributed by atoms with E-state index in [0.29, 0.717) is 23.9 Å². The van der Waals surface area contributed by atoms with Crippen molar-refractivity contribution in [2.45, 2.75) is 26.8 Å². The third-order valence-corrected chi connectivity index (χ3v) is 4.25. The molecule has 18 heavy (non-hydrogen) atoms. The monoisotopic (exact) mass is 250 g/mol. The van der Waals surface area contributed by atoms with Crippen LogP contribution >= 0.6 is 0 Å². The minimum absolute atomic E-state index is 0.141. The van der Waals surface area contributed by atoms with Gasteiger partial charge in [-0.3, -0.25) is 4.90 Å². The fourth-order valence-corrected chi connectivity index (χ4v) is 2.80. The Morgan fingerprint density at radius 3 is 2.44 bits per heavy atom. The molecule has 3 heteroatoms. The number of likely N-dealkylation sites (tertiary alicyclic amines) is 1. The number of hydrogen-bond acceptors (Lipinski definition) is 2. The number of halogens is 1. The van der Waals surface area contributed by atoms with Crippen molar-refractivity contribution >= 4 is 0 Å². The molecule has 3 atom stereocenters. The highest BCUT2D eigenvalue weighted by Crippen LogP contribution is 2.30. The number of benzene rings is 1. The lowest BCUT2D eigenvalue weighted by atomic mass is 10.0. The van der Waals surface area contributed by atoms with Gasteiger partial charge in [0, 0.05) is 25.7 Å². The van der Waals surface area contributed by atoms with Crippen LogP contribution in [-0.2, 0) is 0 Å². The highest BCUT2D eigenvalue weighted by molar-refractivity contribution is 5.27. The summed E-state index contributed by atoms with van der Waals surface area (Å²) in [5.41, 5.74) is 7.77. The molecule has 100 valence electrons. The van der Waals surface area contributed by atoms with Crippen LogP contribution in [0.25, 0.3) is 0 Å². The van der Waals surface area contributed by atoms with Gasteiger partial charge in [0.2, 0.25) is 0 Å². The lowest BCUT2D eigenvalue weighted by Gasteiger charge is -2.27. The summed E-state index contributed by atoms with van der Waals surface area (Å²) in [6.07, 6.45) is 0. The second-order valence-corrected chi connectivity index (χ2v) is 5.67. The zero-order valence-electron chi connectivity index (χ0n) is 11.5. The molecule has 2 N–H and O–H groups in total. The summed E-state index contributed by atoms with van der Waals surface area (Å²) >= 11 is 0. The summed E-state index contributed by atoms with van der Waals surface area (Å²) in [6, 6.07) is 5.57. The molecule has 0 radical (unpaired) electrons. The van der Waals surface area contributed by atoms with Gasteiger partial charge in [-0.1, -0.05) is 26.0 Å². The molecule has 2 nitrogen and oxygen atoms in total. The van der Waals surface area contributed by atoms with Crippen LogP contribution in [0, 0.1) is 24.6 Å². The minimum atomic E-state index is -0.141. The van der Waals surface area contributed by atoms with Crippen molar-refractivity contribution in [3.05, 3.63) is 35.1 Å². The van der Waals surface area contributed by atoms with Gasteiger partial charge in [-0.05, 0) is 36.0 Å². The first-order chi connectivity index (χ1) is 8.52. The molecule has 1 aliphatic heterocycles. The van der Waals surface area contributed by atoms with Gasteiger partial charge in [0.25, 0.3) is 0 Å². The Labute approximate surface area is 109 Å². The summed E-state index contributed by atoms with van der Waals surface area (Å²) in [4.78, 5) is 2.43. The molecule has 3 unspecified atom stereocenters. The molecule has 0 aliphatic carbocycles. The number of hydrogen-bond donors (Lipinski definition) is 1. The molecule has 1 aromatic rings. The average molecular weight is 250 g/mol. The quantitative estimate of drug-likeness (QED) is 0.893. The van der Waals surface area contributed by atoms with Gasteiger partial charge in [0.05, 0.1) is 0 Å². The summed E-state index contributed by atoms with van der Waals surface area (Å²) in [6.45, 7) is 9.13. The number of rotatable bonds is 3. The van der Waals surface area contributed by atoms with E-state index in [1.165, 1.54) is 0 Å². The summed E-state index contributed by atoms with van der Waals surface area (Å²) in [5, 5.41) is 0. The maximum atomic E-state index is 13.3. The van der Waals surface area contributed by atoms with Crippen LogP contribution in [0.4, 0.5) is 4.39 Å². The van der Waals surface area contributed by atoms with Gasteiger partial charge in [0.15, 0.2) is 0 Å². The molecule has 1 fully saturated rings. The molecule has 1 saturated heterocycles. The first kappa shape index (κ1) is 13.5.